The minimum Gasteiger partial charge on any atom is -0.476 e. The van der Waals surface area contributed by atoms with Crippen LogP contribution in [0.5, 0.6) is 0 Å². The second-order valence-electron chi connectivity index (χ2n) is 32.4. The van der Waals surface area contributed by atoms with E-state index >= 15 is 0 Å². The molecule has 0 bridgehead atoms. The van der Waals surface area contributed by atoms with E-state index in [0.717, 1.165) is 89.5 Å². The van der Waals surface area contributed by atoms with Crippen LogP contribution in [-0.4, -0.2) is 70.6 Å². The normalized spacial score (nSPS) is 12.2. The number of rotatable bonds is 10. The van der Waals surface area contributed by atoms with E-state index in [-0.39, 0.29) is 60.3 Å². The van der Waals surface area contributed by atoms with Gasteiger partial charge in [0.05, 0.1) is 34.7 Å². The summed E-state index contributed by atoms with van der Waals surface area (Å²) >= 11 is 0. The Kier molecular flexibility index (Phi) is 29.7. The van der Waals surface area contributed by atoms with Gasteiger partial charge in [-0.1, -0.05) is 261 Å². The van der Waals surface area contributed by atoms with Gasteiger partial charge in [-0.05, 0) is 122 Å². The van der Waals surface area contributed by atoms with Crippen molar-refractivity contribution in [2.75, 3.05) is 0 Å². The van der Waals surface area contributed by atoms with Gasteiger partial charge in [-0.15, -0.1) is 178 Å². The zero-order valence-electron chi connectivity index (χ0n) is 69.4. The van der Waals surface area contributed by atoms with Gasteiger partial charge in [0.15, 0.2) is 9.84 Å². The molecule has 7 aromatic heterocycles. The molecular weight excluding hydrogens is 2090 g/mol. The van der Waals surface area contributed by atoms with Crippen LogP contribution in [0.15, 0.2) is 337 Å². The van der Waals surface area contributed by atoms with Gasteiger partial charge in [0, 0.05) is 97.5 Å². The maximum Gasteiger partial charge on any atom is 0.189 e. The summed E-state index contributed by atoms with van der Waals surface area (Å²) in [4.78, 5) is 27.7. The van der Waals surface area contributed by atoms with Crippen LogP contribution in [0.2, 0.25) is 65.5 Å². The van der Waals surface area contributed by atoms with Crippen molar-refractivity contribution in [1.29, 1.82) is 0 Å². The summed E-state index contributed by atoms with van der Waals surface area (Å²) in [5.41, 5.74) is 21.4. The summed E-state index contributed by atoms with van der Waals surface area (Å²) < 4.78 is 31.6. The molecule has 0 unspecified atom stereocenters. The van der Waals surface area contributed by atoms with Gasteiger partial charge in [0.1, 0.15) is 13.7 Å². The fourth-order valence-corrected chi connectivity index (χ4v) is 24.0. The first-order chi connectivity index (χ1) is 56.3. The van der Waals surface area contributed by atoms with Crippen molar-refractivity contribution in [3.63, 3.8) is 0 Å². The molecule has 2 aliphatic heterocycles. The molecule has 0 atom stereocenters. The predicted molar refractivity (Wildman–Crippen MR) is 495 cm³/mol. The molecule has 120 heavy (non-hydrogen) atoms. The molecule has 0 saturated carbocycles. The van der Waals surface area contributed by atoms with Gasteiger partial charge >= 0.3 is 0 Å². The molecule has 0 spiro atoms. The van der Waals surface area contributed by atoms with Gasteiger partial charge in [-0.2, -0.15) is 0 Å². The smallest absolute Gasteiger partial charge is 0.189 e. The average Bonchev–Trinajstić information content (AvgIpc) is 1.56. The summed E-state index contributed by atoms with van der Waals surface area (Å²) in [6.45, 7) is 29.7. The maximum atomic E-state index is 12.8. The minimum atomic E-state index is -3.47. The Bertz CT molecular complexity index is 6370. The van der Waals surface area contributed by atoms with Crippen LogP contribution in [0.4, 0.5) is 0 Å². The van der Waals surface area contributed by atoms with Crippen LogP contribution >= 0.6 is 0 Å². The van der Waals surface area contributed by atoms with E-state index in [4.69, 9.17) is 14.4 Å². The first-order valence-corrected chi connectivity index (χ1v) is 53.8. The molecular formula is C103H92Ir3N6O3SSi4-6. The summed E-state index contributed by atoms with van der Waals surface area (Å²) in [7, 11) is -9.66. The number of benzene rings is 10. The largest absolute Gasteiger partial charge is 0.476 e. The van der Waals surface area contributed by atoms with Crippen LogP contribution in [0.3, 0.4) is 0 Å². The van der Waals surface area contributed by atoms with Crippen LogP contribution in [0, 0.1) is 57.2 Å². The van der Waals surface area contributed by atoms with Crippen molar-refractivity contribution in [3.8, 4) is 89.8 Å². The number of pyridine rings is 6. The van der Waals surface area contributed by atoms with Crippen LogP contribution in [0.1, 0.15) is 16.7 Å². The van der Waals surface area contributed by atoms with E-state index < -0.39 is 42.1 Å². The zero-order chi connectivity index (χ0) is 82.1. The fraction of sp³-hybridized carbons (Fsp3) is 0.126. The molecule has 0 N–H and O–H groups in total. The predicted octanol–water partition coefficient (Wildman–Crippen LogP) is 21.6. The number of hydrogen-bond acceptors (Lipinski definition) is 9. The molecule has 19 rings (SSSR count). The Morgan fingerprint density at radius 1 is 0.350 bits per heavy atom. The van der Waals surface area contributed by atoms with E-state index in [1.165, 1.54) is 64.5 Å². The van der Waals surface area contributed by atoms with Gasteiger partial charge in [-0.3, -0.25) is 0 Å². The summed E-state index contributed by atoms with van der Waals surface area (Å²) in [6, 6.07) is 115. The molecule has 607 valence electrons. The molecule has 9 heterocycles. The van der Waals surface area contributed by atoms with Crippen molar-refractivity contribution in [2.24, 2.45) is 0 Å². The third-order valence-electron chi connectivity index (χ3n) is 21.3. The second kappa shape index (κ2) is 39.5. The molecule has 10 aromatic carbocycles. The third-order valence-corrected chi connectivity index (χ3v) is 34.3. The van der Waals surface area contributed by atoms with Crippen LogP contribution in [0.25, 0.3) is 112 Å². The van der Waals surface area contributed by atoms with E-state index in [1.54, 1.807) is 24.3 Å². The van der Waals surface area contributed by atoms with E-state index in [0.29, 0.717) is 15.4 Å². The molecule has 0 fully saturated rings. The number of fused-ring (bicyclic) bond motifs is 9. The van der Waals surface area contributed by atoms with Crippen molar-refractivity contribution in [3.05, 3.63) is 375 Å². The Morgan fingerprint density at radius 2 is 0.867 bits per heavy atom. The standard InChI is InChI=1S/C25H20NOSi.C22H24NSi2.C20H18NO2SSi.3C12H10N.3Ir/c1-28(2,19-8-4-3-5-9-19)20-13-15-23(26-17-20)18-12-14-22-21-10-6-7-11-24(21)27-25(22)16-18;1-24(2,3)16-13-14-20(23-15-16)19-11-8-10-18-17-9-6-7-12-21(17)25(4,5)22(18)19;1-25(2,3)15-9-11-18(21-13-15)14-8-10-17-16-6-4-5-7-19(16)24(22,23)20(17)12-14;1-10-6-5-9-13-12(10)11-7-3-2-4-8-11;2*1-10-7-8-13-12(9-10)11-5-3-2-4-6-11;;;/h3-11,13-17H,1-2H3;6-10,12-15H,1-5H3;4-7,9-13H,1-3H3;2-7,9H,1H3;2*2-5,7-9H,1H3;;;/q6*-1;;;. The van der Waals surface area contributed by atoms with Gasteiger partial charge in [-0.25, -0.2) is 8.42 Å². The number of hydrogen-bond donors (Lipinski definition) is 0. The minimum absolute atomic E-state index is 0. The number of para-hydroxylation sites is 1. The van der Waals surface area contributed by atoms with Crippen molar-refractivity contribution in [2.45, 2.75) is 96.0 Å². The summed E-state index contributed by atoms with van der Waals surface area (Å²) in [5.74, 6) is 0. The van der Waals surface area contributed by atoms with E-state index in [2.05, 4.69) is 270 Å². The topological polar surface area (TPSA) is 125 Å². The van der Waals surface area contributed by atoms with Crippen LogP contribution in [-0.2, 0) is 70.2 Å². The monoisotopic (exact) mass is 2180 g/mol. The zero-order valence-corrected chi connectivity index (χ0v) is 81.4. The quantitative estimate of drug-likeness (QED) is 0.0972. The van der Waals surface area contributed by atoms with Gasteiger partial charge < -0.3 is 34.3 Å². The number of aryl methyl sites for hydroxylation is 3. The molecule has 0 amide bonds. The van der Waals surface area contributed by atoms with Gasteiger partial charge in [0.25, 0.3) is 0 Å². The SMILES string of the molecule is C[Si](C)(C)c1ccc(-c2[c-]cc3c(c2)S(=O)(=O)c2ccccc2-3)nc1.C[Si](C)(C)c1ccc(-c2[c-]ccc3c2[Si](C)(C)c2ccccc2-3)nc1.C[Si](C)(c1ccccc1)c1ccc(-c2[c-]cc3c(c2)oc2ccccc23)nc1.Cc1cccnc1-c1[c-]cccc1.Cc1ccnc(-c2[c-]cccc2)c1.Cc1ccnc(-c2[c-]cccc2)c1.[Ir].[Ir].[Ir]. The summed E-state index contributed by atoms with van der Waals surface area (Å²) in [5, 5.41) is 10.7. The fourth-order valence-electron chi connectivity index (χ4n) is 14.6. The molecule has 0 aliphatic carbocycles. The van der Waals surface area contributed by atoms with Crippen LogP contribution < -0.4 is 31.1 Å². The van der Waals surface area contributed by atoms with Crippen molar-refractivity contribution >= 4 is 95.2 Å². The first kappa shape index (κ1) is 90.4. The van der Waals surface area contributed by atoms with E-state index in [1.807, 2.05) is 171 Å². The number of furan rings is 1. The first-order valence-electron chi connectivity index (χ1n) is 39.3. The second-order valence-corrected chi connectivity index (χ2v) is 53.1. The Labute approximate surface area is 752 Å². The molecule has 2 aliphatic rings. The molecule has 17 heteroatoms. The molecule has 0 saturated heterocycles. The van der Waals surface area contributed by atoms with Gasteiger partial charge in [0.2, 0.25) is 0 Å². The van der Waals surface area contributed by atoms with Crippen molar-refractivity contribution in [1.82, 2.24) is 29.9 Å². The third kappa shape index (κ3) is 20.6. The van der Waals surface area contributed by atoms with E-state index in [9.17, 15) is 8.42 Å². The Balaban J connectivity index is 0.000000144. The average molecular weight is 2180 g/mol. The molecule has 9 nitrogen and oxygen atoms in total. The maximum absolute atomic E-state index is 12.8. The Morgan fingerprint density at radius 3 is 1.43 bits per heavy atom. The number of nitrogens with zero attached hydrogens (tertiary/aromatic N) is 6. The number of aromatic nitrogens is 6. The number of sulfone groups is 1. The summed E-state index contributed by atoms with van der Waals surface area (Å²) in [6.07, 6.45) is 11.5. The Hall–Kier alpha value is -10.3. The van der Waals surface area contributed by atoms with Crippen molar-refractivity contribution < 1.29 is 73.2 Å². The molecule has 3 radical (unpaired) electrons. The molecule has 17 aromatic rings.